The lowest BCUT2D eigenvalue weighted by atomic mass is 10.1. The van der Waals surface area contributed by atoms with Gasteiger partial charge in [-0.05, 0) is 63.4 Å². The van der Waals surface area contributed by atoms with Crippen LogP contribution in [-0.4, -0.2) is 63.1 Å². The van der Waals surface area contributed by atoms with Crippen molar-refractivity contribution in [3.05, 3.63) is 29.8 Å². The number of aliphatic imine (C=N–C) groups is 1. The number of halogens is 1. The lowest BCUT2D eigenvalue weighted by molar-refractivity contribution is -0.122. The second-order valence-corrected chi connectivity index (χ2v) is 7.75. The molecule has 0 aromatic heterocycles. The Hall–Kier alpha value is -1.55. The SMILES string of the molecule is CCNC(=NCC(c1cccc(OC)c1)N1CCCC1)NCCNC(=O)C1CC1.I. The van der Waals surface area contributed by atoms with Crippen LogP contribution in [0.4, 0.5) is 0 Å². The predicted molar refractivity (Wildman–Crippen MR) is 132 cm³/mol. The molecule has 3 rings (SSSR count). The third-order valence-electron chi connectivity index (χ3n) is 5.49. The number of nitrogens with zero attached hydrogens (tertiary/aromatic N) is 2. The number of nitrogens with one attached hydrogen (secondary N) is 3. The van der Waals surface area contributed by atoms with Crippen LogP contribution in [0.1, 0.15) is 44.2 Å². The molecule has 1 aliphatic carbocycles. The van der Waals surface area contributed by atoms with Gasteiger partial charge < -0.3 is 20.7 Å². The number of methoxy groups -OCH3 is 1. The fourth-order valence-corrected chi connectivity index (χ4v) is 3.71. The molecule has 30 heavy (non-hydrogen) atoms. The van der Waals surface area contributed by atoms with Crippen LogP contribution in [0.25, 0.3) is 0 Å². The average Bonchev–Trinajstić information content (AvgIpc) is 3.47. The molecule has 1 atom stereocenters. The molecule has 168 valence electrons. The summed E-state index contributed by atoms with van der Waals surface area (Å²) in [6.45, 7) is 7.03. The van der Waals surface area contributed by atoms with Gasteiger partial charge in [-0.1, -0.05) is 12.1 Å². The van der Waals surface area contributed by atoms with E-state index in [4.69, 9.17) is 9.73 Å². The molecular weight excluding hydrogens is 493 g/mol. The van der Waals surface area contributed by atoms with Crippen molar-refractivity contribution in [1.29, 1.82) is 0 Å². The zero-order chi connectivity index (χ0) is 20.5. The summed E-state index contributed by atoms with van der Waals surface area (Å²) >= 11 is 0. The third-order valence-corrected chi connectivity index (χ3v) is 5.49. The van der Waals surface area contributed by atoms with E-state index < -0.39 is 0 Å². The molecule has 2 aliphatic rings. The van der Waals surface area contributed by atoms with E-state index in [0.29, 0.717) is 19.6 Å². The van der Waals surface area contributed by atoms with Crippen molar-refractivity contribution in [2.45, 2.75) is 38.6 Å². The first-order chi connectivity index (χ1) is 14.2. The maximum Gasteiger partial charge on any atom is 0.223 e. The van der Waals surface area contributed by atoms with Crippen LogP contribution in [0.5, 0.6) is 5.75 Å². The lowest BCUT2D eigenvalue weighted by Gasteiger charge is -2.27. The second kappa shape index (κ2) is 13.0. The minimum Gasteiger partial charge on any atom is -0.497 e. The Kier molecular flexibility index (Phi) is 10.7. The fourth-order valence-electron chi connectivity index (χ4n) is 3.71. The van der Waals surface area contributed by atoms with Gasteiger partial charge in [0.05, 0.1) is 19.7 Å². The number of guanidine groups is 1. The number of benzene rings is 1. The summed E-state index contributed by atoms with van der Waals surface area (Å²) in [7, 11) is 1.71. The van der Waals surface area contributed by atoms with Gasteiger partial charge in [0.2, 0.25) is 5.91 Å². The molecule has 0 radical (unpaired) electrons. The monoisotopic (exact) mass is 529 g/mol. The highest BCUT2D eigenvalue weighted by Crippen LogP contribution is 2.29. The Morgan fingerprint density at radius 1 is 1.20 bits per heavy atom. The molecule has 1 aliphatic heterocycles. The normalized spacial score (nSPS) is 17.7. The van der Waals surface area contributed by atoms with E-state index in [1.807, 2.05) is 12.1 Å². The van der Waals surface area contributed by atoms with E-state index >= 15 is 0 Å². The number of carbonyl (C=O) groups excluding carboxylic acids is 1. The summed E-state index contributed by atoms with van der Waals surface area (Å²) in [6.07, 6.45) is 4.55. The second-order valence-electron chi connectivity index (χ2n) is 7.75. The summed E-state index contributed by atoms with van der Waals surface area (Å²) in [5.41, 5.74) is 1.24. The molecule has 1 saturated heterocycles. The zero-order valence-corrected chi connectivity index (χ0v) is 20.5. The predicted octanol–water partition coefficient (Wildman–Crippen LogP) is 2.53. The van der Waals surface area contributed by atoms with E-state index in [0.717, 1.165) is 44.2 Å². The highest BCUT2D eigenvalue weighted by Gasteiger charge is 2.29. The number of likely N-dealkylation sites (tertiary alicyclic amines) is 1. The number of ether oxygens (including phenoxy) is 1. The maximum absolute atomic E-state index is 11.7. The van der Waals surface area contributed by atoms with Gasteiger partial charge in [-0.2, -0.15) is 0 Å². The number of amides is 1. The molecule has 7 nitrogen and oxygen atoms in total. The topological polar surface area (TPSA) is 78.0 Å². The third kappa shape index (κ3) is 7.61. The van der Waals surface area contributed by atoms with Crippen molar-refractivity contribution in [3.63, 3.8) is 0 Å². The van der Waals surface area contributed by atoms with Crippen LogP contribution in [0.15, 0.2) is 29.3 Å². The fraction of sp³-hybridized carbons (Fsp3) is 0.636. The molecule has 8 heteroatoms. The highest BCUT2D eigenvalue weighted by molar-refractivity contribution is 14.0. The molecule has 1 aromatic rings. The van der Waals surface area contributed by atoms with E-state index in [1.165, 1.54) is 18.4 Å². The van der Waals surface area contributed by atoms with E-state index in [9.17, 15) is 4.79 Å². The Morgan fingerprint density at radius 2 is 1.93 bits per heavy atom. The Bertz CT molecular complexity index is 690. The van der Waals surface area contributed by atoms with Gasteiger partial charge in [0.25, 0.3) is 0 Å². The van der Waals surface area contributed by atoms with Gasteiger partial charge in [-0.25, -0.2) is 0 Å². The van der Waals surface area contributed by atoms with Crippen molar-refractivity contribution in [2.24, 2.45) is 10.9 Å². The smallest absolute Gasteiger partial charge is 0.223 e. The number of carbonyl (C=O) groups is 1. The van der Waals surface area contributed by atoms with E-state index in [-0.39, 0.29) is 41.8 Å². The quantitative estimate of drug-likeness (QED) is 0.188. The van der Waals surface area contributed by atoms with Crippen molar-refractivity contribution < 1.29 is 9.53 Å². The van der Waals surface area contributed by atoms with Gasteiger partial charge in [0, 0.05) is 25.6 Å². The first-order valence-corrected chi connectivity index (χ1v) is 10.9. The van der Waals surface area contributed by atoms with Crippen LogP contribution in [-0.2, 0) is 4.79 Å². The summed E-state index contributed by atoms with van der Waals surface area (Å²) in [5, 5.41) is 9.63. The lowest BCUT2D eigenvalue weighted by Crippen LogP contribution is -2.42. The Morgan fingerprint density at radius 3 is 2.60 bits per heavy atom. The molecule has 3 N–H and O–H groups in total. The maximum atomic E-state index is 11.7. The Balaban J connectivity index is 0.00000320. The molecule has 1 amide bonds. The minimum atomic E-state index is 0. The largest absolute Gasteiger partial charge is 0.497 e. The summed E-state index contributed by atoms with van der Waals surface area (Å²) in [6, 6.07) is 8.54. The molecular formula is C22H36IN5O2. The number of hydrogen-bond donors (Lipinski definition) is 3. The number of hydrogen-bond acceptors (Lipinski definition) is 4. The molecule has 0 spiro atoms. The van der Waals surface area contributed by atoms with Gasteiger partial charge >= 0.3 is 0 Å². The van der Waals surface area contributed by atoms with Crippen LogP contribution < -0.4 is 20.7 Å². The van der Waals surface area contributed by atoms with Crippen LogP contribution in [0, 0.1) is 5.92 Å². The van der Waals surface area contributed by atoms with Crippen molar-refractivity contribution in [3.8, 4) is 5.75 Å². The van der Waals surface area contributed by atoms with Crippen LogP contribution in [0.2, 0.25) is 0 Å². The summed E-state index contributed by atoms with van der Waals surface area (Å²) < 4.78 is 5.42. The summed E-state index contributed by atoms with van der Waals surface area (Å²) in [5.74, 6) is 2.11. The average molecular weight is 529 g/mol. The van der Waals surface area contributed by atoms with Gasteiger partial charge in [0.1, 0.15) is 5.75 Å². The summed E-state index contributed by atoms with van der Waals surface area (Å²) in [4.78, 5) is 19.1. The molecule has 1 heterocycles. The molecule has 1 aromatic carbocycles. The van der Waals surface area contributed by atoms with Gasteiger partial charge in [-0.15, -0.1) is 24.0 Å². The minimum absolute atomic E-state index is 0. The zero-order valence-electron chi connectivity index (χ0n) is 18.2. The van der Waals surface area contributed by atoms with Gasteiger partial charge in [-0.3, -0.25) is 14.7 Å². The first kappa shape index (κ1) is 24.7. The van der Waals surface area contributed by atoms with Crippen molar-refractivity contribution in [2.75, 3.05) is 46.4 Å². The van der Waals surface area contributed by atoms with E-state index in [2.05, 4.69) is 39.9 Å². The Labute approximate surface area is 197 Å². The molecule has 0 bridgehead atoms. The van der Waals surface area contributed by atoms with Gasteiger partial charge in [0.15, 0.2) is 5.96 Å². The van der Waals surface area contributed by atoms with Crippen LogP contribution >= 0.6 is 24.0 Å². The van der Waals surface area contributed by atoms with Crippen LogP contribution in [0.3, 0.4) is 0 Å². The molecule has 1 saturated carbocycles. The van der Waals surface area contributed by atoms with Crippen molar-refractivity contribution in [1.82, 2.24) is 20.9 Å². The highest BCUT2D eigenvalue weighted by atomic mass is 127. The molecule has 2 fully saturated rings. The number of rotatable bonds is 10. The van der Waals surface area contributed by atoms with E-state index in [1.54, 1.807) is 7.11 Å². The van der Waals surface area contributed by atoms with Crippen molar-refractivity contribution >= 4 is 35.8 Å². The first-order valence-electron chi connectivity index (χ1n) is 10.9. The molecule has 1 unspecified atom stereocenters. The standard InChI is InChI=1S/C22H35N5O2.HI/c1-3-23-22(25-12-11-24-21(28)17-9-10-17)26-16-20(27-13-4-5-14-27)18-7-6-8-19(15-18)29-2;/h6-8,15,17,20H,3-5,9-14,16H2,1-2H3,(H,24,28)(H2,23,25,26);1H.